The Morgan fingerprint density at radius 3 is 2.43 bits per heavy atom. The van der Waals surface area contributed by atoms with Gasteiger partial charge in [0.05, 0.1) is 37.1 Å². The predicted molar refractivity (Wildman–Crippen MR) is 119 cm³/mol. The number of aromatic amines is 1. The molecule has 1 atom stereocenters. The normalized spacial score (nSPS) is 15.9. The molecule has 2 N–H and O–H groups in total. The molecule has 1 amide bonds. The number of nitrogens with one attached hydrogen (secondary N) is 2. The molecule has 0 radical (unpaired) electrons. The molecule has 1 saturated heterocycles. The molecule has 1 unspecified atom stereocenters. The van der Waals surface area contributed by atoms with Crippen LogP contribution in [0.5, 0.6) is 0 Å². The van der Waals surface area contributed by atoms with Crippen molar-refractivity contribution in [3.8, 4) is 0 Å². The number of hydrogen-bond acceptors (Lipinski definition) is 8. The molecule has 1 aliphatic heterocycles. The zero-order valence-electron chi connectivity index (χ0n) is 19.7. The Morgan fingerprint density at radius 2 is 1.78 bits per heavy atom. The van der Waals surface area contributed by atoms with Crippen molar-refractivity contribution in [3.05, 3.63) is 40.1 Å². The molecule has 204 valence electrons. The van der Waals surface area contributed by atoms with Gasteiger partial charge in [0.25, 0.3) is 5.56 Å². The topological polar surface area (TPSA) is 116 Å². The van der Waals surface area contributed by atoms with Crippen LogP contribution in [0.3, 0.4) is 0 Å². The van der Waals surface area contributed by atoms with Gasteiger partial charge in [-0.05, 0) is 13.3 Å². The first kappa shape index (κ1) is 28.1. The van der Waals surface area contributed by atoms with Crippen molar-refractivity contribution in [3.63, 3.8) is 0 Å². The van der Waals surface area contributed by atoms with E-state index in [1.165, 1.54) is 0 Å². The minimum atomic E-state index is -4.87. The Morgan fingerprint density at radius 1 is 1.08 bits per heavy atom. The second-order valence-electron chi connectivity index (χ2n) is 8.35. The van der Waals surface area contributed by atoms with Crippen LogP contribution in [0.4, 0.5) is 38.0 Å². The van der Waals surface area contributed by atoms with Gasteiger partial charge >= 0.3 is 12.4 Å². The highest BCUT2D eigenvalue weighted by Gasteiger charge is 2.37. The molecule has 0 saturated carbocycles. The van der Waals surface area contributed by atoms with Crippen LogP contribution in [0.2, 0.25) is 0 Å². The monoisotopic (exact) mass is 537 g/mol. The fraction of sp³-hybridized carbons (Fsp3) is 0.571. The molecule has 1 aliphatic rings. The van der Waals surface area contributed by atoms with Crippen molar-refractivity contribution in [2.75, 3.05) is 49.6 Å². The van der Waals surface area contributed by atoms with E-state index in [-0.39, 0.29) is 31.5 Å². The highest BCUT2D eigenvalue weighted by molar-refractivity contribution is 5.76. The summed E-state index contributed by atoms with van der Waals surface area (Å²) in [5.74, 6) is -0.0506. The van der Waals surface area contributed by atoms with E-state index < -0.39 is 40.8 Å². The maximum absolute atomic E-state index is 13.1. The first-order chi connectivity index (χ1) is 17.4. The Balaban J connectivity index is 1.43. The van der Waals surface area contributed by atoms with Gasteiger partial charge < -0.3 is 19.9 Å². The van der Waals surface area contributed by atoms with Crippen molar-refractivity contribution in [1.29, 1.82) is 0 Å². The van der Waals surface area contributed by atoms with Crippen molar-refractivity contribution in [1.82, 2.24) is 25.1 Å². The second kappa shape index (κ2) is 11.7. The Bertz CT molecular complexity index is 1110. The van der Waals surface area contributed by atoms with Crippen LogP contribution in [0, 0.1) is 0 Å². The molecule has 10 nitrogen and oxygen atoms in total. The average Bonchev–Trinajstić information content (AvgIpc) is 3.07. The van der Waals surface area contributed by atoms with Crippen LogP contribution >= 0.6 is 0 Å². The lowest BCUT2D eigenvalue weighted by Crippen LogP contribution is -2.36. The van der Waals surface area contributed by atoms with Crippen molar-refractivity contribution in [2.24, 2.45) is 0 Å². The van der Waals surface area contributed by atoms with Crippen molar-refractivity contribution < 1.29 is 35.9 Å². The van der Waals surface area contributed by atoms with E-state index in [1.54, 1.807) is 21.8 Å². The van der Waals surface area contributed by atoms with Crippen LogP contribution in [0.1, 0.15) is 30.9 Å². The minimum Gasteiger partial charge on any atom is -0.379 e. The van der Waals surface area contributed by atoms with E-state index in [4.69, 9.17) is 4.74 Å². The van der Waals surface area contributed by atoms with Crippen LogP contribution in [0.15, 0.2) is 23.4 Å². The number of rotatable bonds is 8. The van der Waals surface area contributed by atoms with E-state index in [9.17, 15) is 35.9 Å². The molecule has 16 heteroatoms. The molecule has 0 bridgehead atoms. The number of alkyl halides is 6. The van der Waals surface area contributed by atoms with Gasteiger partial charge in [-0.3, -0.25) is 9.59 Å². The molecular formula is C21H25F6N7O3. The number of carbonyl (C=O) groups excluding carboxylic acids is 1. The highest BCUT2D eigenvalue weighted by atomic mass is 19.4. The van der Waals surface area contributed by atoms with Gasteiger partial charge in [0.1, 0.15) is 5.56 Å². The van der Waals surface area contributed by atoms with Crippen LogP contribution in [0.25, 0.3) is 0 Å². The maximum atomic E-state index is 13.1. The molecule has 0 aromatic carbocycles. The largest absolute Gasteiger partial charge is 0.423 e. The number of anilines is 2. The maximum Gasteiger partial charge on any atom is 0.423 e. The van der Waals surface area contributed by atoms with Crippen LogP contribution in [-0.2, 0) is 21.9 Å². The number of ether oxygens (including phenoxy) is 1. The summed E-state index contributed by atoms with van der Waals surface area (Å²) in [5.41, 5.74) is -4.17. The van der Waals surface area contributed by atoms with Crippen LogP contribution < -0.4 is 15.8 Å². The smallest absolute Gasteiger partial charge is 0.379 e. The van der Waals surface area contributed by atoms with E-state index in [0.717, 1.165) is 18.6 Å². The standard InChI is InChI=1S/C21H25F6N7O3/c1-13(31-15-11-30-32-18(36)17(15)21(25,26)27)12-37-8-3-16(35)33-4-2-5-34(7-6-33)19-28-9-14(10-29-19)20(22,23)24/h9-11,13H,2-8,12H2,1H3,(H2,31,32,36). The van der Waals surface area contributed by atoms with Crippen molar-refractivity contribution >= 4 is 17.5 Å². The zero-order chi connectivity index (χ0) is 27.2. The van der Waals surface area contributed by atoms with Crippen LogP contribution in [-0.4, -0.2) is 76.4 Å². The minimum absolute atomic E-state index is 0.0207. The lowest BCUT2D eigenvalue weighted by Gasteiger charge is -2.22. The Kier molecular flexibility index (Phi) is 8.94. The van der Waals surface area contributed by atoms with E-state index in [1.807, 2.05) is 0 Å². The van der Waals surface area contributed by atoms with Gasteiger partial charge in [0.2, 0.25) is 11.9 Å². The number of amides is 1. The SMILES string of the molecule is CC(COCCC(=O)N1CCCN(c2ncc(C(F)(F)F)cn2)CC1)Nc1cn[nH]c(=O)c1C(F)(F)F. The third kappa shape index (κ3) is 7.77. The first-order valence-electron chi connectivity index (χ1n) is 11.3. The molecule has 37 heavy (non-hydrogen) atoms. The molecule has 0 spiro atoms. The summed E-state index contributed by atoms with van der Waals surface area (Å²) < 4.78 is 82.9. The summed E-state index contributed by atoms with van der Waals surface area (Å²) in [6.45, 7) is 3.09. The number of H-pyrrole nitrogens is 1. The summed E-state index contributed by atoms with van der Waals surface area (Å²) in [4.78, 5) is 35.0. The number of halogens is 6. The molecule has 0 aliphatic carbocycles. The fourth-order valence-corrected chi connectivity index (χ4v) is 3.67. The Hall–Kier alpha value is -3.43. The van der Waals surface area contributed by atoms with Gasteiger partial charge in [0.15, 0.2) is 0 Å². The lowest BCUT2D eigenvalue weighted by molar-refractivity contribution is -0.139. The molecule has 1 fully saturated rings. The fourth-order valence-electron chi connectivity index (χ4n) is 3.67. The quantitative estimate of drug-likeness (QED) is 0.390. The number of aromatic nitrogens is 4. The van der Waals surface area contributed by atoms with Gasteiger partial charge in [0, 0.05) is 44.6 Å². The summed E-state index contributed by atoms with van der Waals surface area (Å²) in [6, 6.07) is -0.615. The lowest BCUT2D eigenvalue weighted by atomic mass is 10.2. The summed E-state index contributed by atoms with van der Waals surface area (Å²) >= 11 is 0. The van der Waals surface area contributed by atoms with Gasteiger partial charge in [-0.2, -0.15) is 31.4 Å². The van der Waals surface area contributed by atoms with E-state index in [0.29, 0.717) is 32.6 Å². The predicted octanol–water partition coefficient (Wildman–Crippen LogP) is 2.54. The first-order valence-corrected chi connectivity index (χ1v) is 11.3. The number of hydrogen-bond donors (Lipinski definition) is 2. The molecule has 3 heterocycles. The van der Waals surface area contributed by atoms with Gasteiger partial charge in [-0.1, -0.05) is 0 Å². The average molecular weight is 537 g/mol. The summed E-state index contributed by atoms with van der Waals surface area (Å²) in [5, 5.41) is 7.68. The molecule has 2 aromatic heterocycles. The van der Waals surface area contributed by atoms with Crippen molar-refractivity contribution in [2.45, 2.75) is 38.2 Å². The number of nitrogens with zero attached hydrogens (tertiary/aromatic N) is 5. The third-order valence-electron chi connectivity index (χ3n) is 5.47. The zero-order valence-corrected chi connectivity index (χ0v) is 19.7. The highest BCUT2D eigenvalue weighted by Crippen LogP contribution is 2.31. The van der Waals surface area contributed by atoms with E-state index in [2.05, 4.69) is 20.4 Å². The number of carbonyl (C=O) groups is 1. The second-order valence-corrected chi connectivity index (χ2v) is 8.35. The molecule has 2 aromatic rings. The summed E-state index contributed by atoms with van der Waals surface area (Å²) in [6.07, 6.45) is -6.50. The van der Waals surface area contributed by atoms with E-state index >= 15 is 0 Å². The molecule has 3 rings (SSSR count). The third-order valence-corrected chi connectivity index (χ3v) is 5.47. The van der Waals surface area contributed by atoms with Gasteiger partial charge in [-0.15, -0.1) is 0 Å². The summed E-state index contributed by atoms with van der Waals surface area (Å²) in [7, 11) is 0. The van der Waals surface area contributed by atoms with Gasteiger partial charge in [-0.25, -0.2) is 15.1 Å². The molecular weight excluding hydrogens is 512 g/mol. The Labute approximate surface area is 207 Å².